The molecular formula is C27H44N4O9. The summed E-state index contributed by atoms with van der Waals surface area (Å²) in [7, 11) is 0. The van der Waals surface area contributed by atoms with E-state index >= 15 is 0 Å². The molecule has 0 unspecified atom stereocenters. The number of carbonyl (C=O) groups excluding carboxylic acids is 3. The average molecular weight is 569 g/mol. The fourth-order valence-corrected chi connectivity index (χ4v) is 4.05. The Kier molecular flexibility index (Phi) is 14.7. The minimum atomic E-state index is -2.22. The van der Waals surface area contributed by atoms with Crippen LogP contribution >= 0.6 is 0 Å². The summed E-state index contributed by atoms with van der Waals surface area (Å²) in [6.45, 7) is 6.51. The van der Waals surface area contributed by atoms with E-state index in [9.17, 15) is 44.7 Å². The van der Waals surface area contributed by atoms with Gasteiger partial charge in [0.25, 0.3) is 5.91 Å². The van der Waals surface area contributed by atoms with Crippen LogP contribution in [0.15, 0.2) is 30.3 Å². The van der Waals surface area contributed by atoms with Gasteiger partial charge in [0.2, 0.25) is 11.8 Å². The molecule has 0 spiro atoms. The number of rotatable bonds is 17. The van der Waals surface area contributed by atoms with Crippen LogP contribution < -0.4 is 21.7 Å². The molecule has 0 saturated carbocycles. The average Bonchev–Trinajstić information content (AvgIpc) is 2.89. The van der Waals surface area contributed by atoms with Gasteiger partial charge in [0.05, 0.1) is 31.2 Å². The van der Waals surface area contributed by atoms with E-state index < -0.39 is 72.8 Å². The van der Waals surface area contributed by atoms with Crippen LogP contribution in [0.4, 0.5) is 0 Å². The van der Waals surface area contributed by atoms with Crippen LogP contribution in [0.5, 0.6) is 0 Å². The van der Waals surface area contributed by atoms with Gasteiger partial charge in [-0.2, -0.15) is 0 Å². The SMILES string of the molecule is CC(C)C[C@H](NC(=O)C[C@H](NC(=O)[C@@H](O)[C@H](O)[C@H](O)[C@H](CO)NC(=O)[C@@H](N)CC(C)C)c1ccccc1)C(=O)O. The van der Waals surface area contributed by atoms with Crippen LogP contribution in [-0.2, 0) is 19.2 Å². The number of aliphatic hydroxyl groups is 4. The predicted molar refractivity (Wildman–Crippen MR) is 145 cm³/mol. The highest BCUT2D eigenvalue weighted by Crippen LogP contribution is 2.18. The molecule has 13 nitrogen and oxygen atoms in total. The molecule has 226 valence electrons. The standard InChI is InChI=1S/C27H44N4O9/c1-14(2)10-17(28)25(37)31-20(13-32)22(34)23(35)24(36)26(38)30-18(16-8-6-5-7-9-16)12-21(33)29-19(27(39)40)11-15(3)4/h5-9,14-15,17-20,22-24,32,34-36H,10-13,28H2,1-4H3,(H,29,33)(H,30,38)(H,31,37)(H,39,40)/t17-,18-,19-,20-,22+,23+,24-/m0/s1. The van der Waals surface area contributed by atoms with Crippen molar-refractivity contribution in [2.24, 2.45) is 17.6 Å². The third-order valence-corrected chi connectivity index (χ3v) is 6.19. The van der Waals surface area contributed by atoms with E-state index in [-0.39, 0.29) is 24.7 Å². The number of carboxylic acid groups (broad SMARTS) is 1. The van der Waals surface area contributed by atoms with Crippen molar-refractivity contribution in [1.29, 1.82) is 0 Å². The van der Waals surface area contributed by atoms with Crippen molar-refractivity contribution in [2.45, 2.75) is 89.4 Å². The van der Waals surface area contributed by atoms with Gasteiger partial charge in [-0.1, -0.05) is 58.0 Å². The lowest BCUT2D eigenvalue weighted by Gasteiger charge is -2.30. The Morgan fingerprint density at radius 3 is 1.90 bits per heavy atom. The highest BCUT2D eigenvalue weighted by Gasteiger charge is 2.37. The molecule has 0 aromatic heterocycles. The van der Waals surface area contributed by atoms with Crippen molar-refractivity contribution in [2.75, 3.05) is 6.61 Å². The summed E-state index contributed by atoms with van der Waals surface area (Å²) in [6, 6.07) is 3.68. The normalized spacial score (nSPS) is 16.8. The summed E-state index contributed by atoms with van der Waals surface area (Å²) in [6.07, 6.45) is -6.17. The second kappa shape index (κ2) is 16.9. The van der Waals surface area contributed by atoms with Crippen LogP contribution in [0.25, 0.3) is 0 Å². The summed E-state index contributed by atoms with van der Waals surface area (Å²) in [4.78, 5) is 49.4. The maximum Gasteiger partial charge on any atom is 0.326 e. The van der Waals surface area contributed by atoms with Crippen molar-refractivity contribution >= 4 is 23.7 Å². The third kappa shape index (κ3) is 11.6. The Labute approximate surface area is 234 Å². The number of amides is 3. The molecule has 40 heavy (non-hydrogen) atoms. The van der Waals surface area contributed by atoms with E-state index in [0.717, 1.165) is 0 Å². The number of aliphatic hydroxyl groups excluding tert-OH is 4. The first-order valence-electron chi connectivity index (χ1n) is 13.3. The summed E-state index contributed by atoms with van der Waals surface area (Å²) in [5, 5.41) is 57.7. The van der Waals surface area contributed by atoms with E-state index in [1.54, 1.807) is 30.3 Å². The number of nitrogens with one attached hydrogen (secondary N) is 3. The molecule has 7 atom stereocenters. The molecule has 0 fully saturated rings. The smallest absolute Gasteiger partial charge is 0.326 e. The van der Waals surface area contributed by atoms with Crippen molar-refractivity contribution in [3.8, 4) is 0 Å². The summed E-state index contributed by atoms with van der Waals surface area (Å²) < 4.78 is 0. The first kappa shape index (κ1) is 34.9. The number of carbonyl (C=O) groups is 4. The van der Waals surface area contributed by atoms with Gasteiger partial charge in [-0.3, -0.25) is 14.4 Å². The van der Waals surface area contributed by atoms with E-state index in [0.29, 0.717) is 12.0 Å². The van der Waals surface area contributed by atoms with Crippen molar-refractivity contribution in [3.63, 3.8) is 0 Å². The minimum absolute atomic E-state index is 0.00689. The van der Waals surface area contributed by atoms with Gasteiger partial charge in [0.1, 0.15) is 18.2 Å². The molecule has 0 aliphatic heterocycles. The molecule has 1 aromatic rings. The van der Waals surface area contributed by atoms with Crippen LogP contribution in [0.3, 0.4) is 0 Å². The number of hydrogen-bond donors (Lipinski definition) is 9. The van der Waals surface area contributed by atoms with Gasteiger partial charge in [-0.15, -0.1) is 0 Å². The van der Waals surface area contributed by atoms with Gasteiger partial charge in [0.15, 0.2) is 6.10 Å². The number of benzene rings is 1. The zero-order chi connectivity index (χ0) is 30.6. The number of nitrogens with two attached hydrogens (primary N) is 1. The first-order chi connectivity index (χ1) is 18.7. The minimum Gasteiger partial charge on any atom is -0.480 e. The Morgan fingerprint density at radius 2 is 1.40 bits per heavy atom. The van der Waals surface area contributed by atoms with Gasteiger partial charge in [-0.25, -0.2) is 4.79 Å². The van der Waals surface area contributed by atoms with Gasteiger partial charge in [0, 0.05) is 0 Å². The Hall–Kier alpha value is -3.10. The second-order valence-corrected chi connectivity index (χ2v) is 10.7. The Balaban J connectivity index is 2.97. The third-order valence-electron chi connectivity index (χ3n) is 6.19. The summed E-state index contributed by atoms with van der Waals surface area (Å²) >= 11 is 0. The molecule has 0 saturated heterocycles. The molecule has 1 aromatic carbocycles. The number of aliphatic carboxylic acids is 1. The molecule has 0 aliphatic rings. The largest absolute Gasteiger partial charge is 0.480 e. The molecule has 1 rings (SSSR count). The fraction of sp³-hybridized carbons (Fsp3) is 0.630. The van der Waals surface area contributed by atoms with E-state index in [4.69, 9.17) is 5.73 Å². The molecular weight excluding hydrogens is 524 g/mol. The van der Waals surface area contributed by atoms with E-state index in [2.05, 4.69) is 16.0 Å². The molecule has 3 amide bonds. The quantitative estimate of drug-likeness (QED) is 0.109. The summed E-state index contributed by atoms with van der Waals surface area (Å²) in [5.41, 5.74) is 6.27. The van der Waals surface area contributed by atoms with Crippen LogP contribution in [-0.4, -0.2) is 92.3 Å². The lowest BCUT2D eigenvalue weighted by molar-refractivity contribution is -0.145. The van der Waals surface area contributed by atoms with Crippen molar-refractivity contribution in [3.05, 3.63) is 35.9 Å². The number of hydrogen-bond acceptors (Lipinski definition) is 9. The van der Waals surface area contributed by atoms with Crippen LogP contribution in [0.1, 0.15) is 58.6 Å². The first-order valence-corrected chi connectivity index (χ1v) is 13.3. The molecule has 0 heterocycles. The van der Waals surface area contributed by atoms with Crippen molar-refractivity contribution < 1.29 is 44.7 Å². The lowest BCUT2D eigenvalue weighted by Crippen LogP contribution is -2.58. The van der Waals surface area contributed by atoms with E-state index in [1.807, 2.05) is 27.7 Å². The van der Waals surface area contributed by atoms with Crippen LogP contribution in [0, 0.1) is 11.8 Å². The van der Waals surface area contributed by atoms with Crippen LogP contribution in [0.2, 0.25) is 0 Å². The highest BCUT2D eigenvalue weighted by molar-refractivity contribution is 5.86. The zero-order valence-corrected chi connectivity index (χ0v) is 23.4. The van der Waals surface area contributed by atoms with Gasteiger partial charge < -0.3 is 47.2 Å². The Bertz CT molecular complexity index is 961. The molecule has 0 aliphatic carbocycles. The fourth-order valence-electron chi connectivity index (χ4n) is 4.05. The predicted octanol–water partition coefficient (Wildman–Crippen LogP) is -1.22. The summed E-state index contributed by atoms with van der Waals surface area (Å²) in [5.74, 6) is -3.62. The maximum absolute atomic E-state index is 12.9. The van der Waals surface area contributed by atoms with Gasteiger partial charge in [-0.05, 0) is 30.2 Å². The highest BCUT2D eigenvalue weighted by atomic mass is 16.4. The molecule has 13 heteroatoms. The monoisotopic (exact) mass is 568 g/mol. The van der Waals surface area contributed by atoms with E-state index in [1.165, 1.54) is 0 Å². The molecule has 0 radical (unpaired) electrons. The second-order valence-electron chi connectivity index (χ2n) is 10.7. The molecule has 0 bridgehead atoms. The Morgan fingerprint density at radius 1 is 0.825 bits per heavy atom. The number of carboxylic acids is 1. The molecule has 10 N–H and O–H groups in total. The van der Waals surface area contributed by atoms with Crippen molar-refractivity contribution in [1.82, 2.24) is 16.0 Å². The topological polar surface area (TPSA) is 232 Å². The van der Waals surface area contributed by atoms with Gasteiger partial charge >= 0.3 is 5.97 Å². The zero-order valence-electron chi connectivity index (χ0n) is 23.4. The lowest BCUT2D eigenvalue weighted by atomic mass is 9.98. The maximum atomic E-state index is 12.9.